The summed E-state index contributed by atoms with van der Waals surface area (Å²) < 4.78 is 59.6. The third-order valence-electron chi connectivity index (χ3n) is 23.0. The Balaban J connectivity index is 0.896. The van der Waals surface area contributed by atoms with E-state index in [0.717, 1.165) is 5.57 Å². The number of carbonyl (C=O) groups is 1. The topological polar surface area (TPSA) is 474 Å². The number of ketones is 1. The maximum Gasteiger partial charge on any atom is 0.187 e. The fourth-order valence-corrected chi connectivity index (χ4v) is 17.0. The second kappa shape index (κ2) is 27.7. The van der Waals surface area contributed by atoms with Crippen molar-refractivity contribution in [3.05, 3.63) is 11.6 Å². The summed E-state index contributed by atoms with van der Waals surface area (Å²) in [6.45, 7) is 13.4. The molecule has 0 amide bonds. The second-order valence-corrected chi connectivity index (χ2v) is 29.1. The van der Waals surface area contributed by atoms with Crippen LogP contribution in [-0.2, 0) is 52.2 Å². The molecule has 0 aromatic carbocycles. The molecule has 35 atom stereocenters. The zero-order valence-corrected chi connectivity index (χ0v) is 52.6. The average Bonchev–Trinajstić information content (AvgIpc) is 1.21. The fraction of sp³-hybridized carbons (Fsp3) is 0.951. The molecule has 18 N–H and O–H groups in total. The molecule has 29 nitrogen and oxygen atoms in total. The minimum Gasteiger partial charge on any atom is -0.394 e. The minimum atomic E-state index is -1.95. The van der Waals surface area contributed by atoms with E-state index in [1.807, 2.05) is 20.8 Å². The van der Waals surface area contributed by atoms with Gasteiger partial charge in [0.1, 0.15) is 110 Å². The third-order valence-corrected chi connectivity index (χ3v) is 23.0. The Morgan fingerprint density at radius 1 is 0.556 bits per heavy atom. The highest BCUT2D eigenvalue weighted by Crippen LogP contribution is 2.74. The predicted octanol–water partition coefficient (Wildman–Crippen LogP) is -4.95. The molecule has 8 fully saturated rings. The molecule has 0 spiro atoms. The number of rotatable bonds is 20. The Morgan fingerprint density at radius 2 is 1.02 bits per heavy atom. The van der Waals surface area contributed by atoms with E-state index >= 15 is 4.79 Å². The van der Waals surface area contributed by atoms with Gasteiger partial charge in [-0.15, -0.1) is 0 Å². The van der Waals surface area contributed by atoms with Gasteiger partial charge in [-0.1, -0.05) is 54.0 Å². The van der Waals surface area contributed by atoms with E-state index in [9.17, 15) is 91.9 Å². The number of ether oxygens (including phenoxy) is 10. The van der Waals surface area contributed by atoms with Gasteiger partial charge in [-0.2, -0.15) is 0 Å². The zero-order valence-electron chi connectivity index (χ0n) is 52.6. The Bertz CT molecular complexity index is 2430. The van der Waals surface area contributed by atoms with Crippen LogP contribution in [0.4, 0.5) is 0 Å². The number of carbonyl (C=O) groups excluding carboxylic acids is 1. The van der Waals surface area contributed by atoms with Gasteiger partial charge in [-0.3, -0.25) is 4.79 Å². The van der Waals surface area contributed by atoms with Crippen molar-refractivity contribution in [3.8, 4) is 0 Å². The molecule has 9 rings (SSSR count). The average molecular weight is 1300 g/mol. The molecule has 4 aliphatic carbocycles. The van der Waals surface area contributed by atoms with E-state index < -0.39 is 238 Å². The highest BCUT2D eigenvalue weighted by molar-refractivity contribution is 5.95. The Kier molecular flexibility index (Phi) is 22.3. The lowest BCUT2D eigenvalue weighted by atomic mass is 9.38. The number of aliphatic hydroxyl groups excluding tert-OH is 17. The van der Waals surface area contributed by atoms with Crippen molar-refractivity contribution in [2.24, 2.45) is 51.2 Å². The van der Waals surface area contributed by atoms with Crippen LogP contribution in [0.15, 0.2) is 11.6 Å². The van der Waals surface area contributed by atoms with Gasteiger partial charge in [0.15, 0.2) is 37.2 Å². The number of aliphatic hydroxyl groups is 18. The highest BCUT2D eigenvalue weighted by atomic mass is 16.8. The normalized spacial score (nSPS) is 51.4. The van der Waals surface area contributed by atoms with Gasteiger partial charge in [0, 0.05) is 22.7 Å². The molecule has 5 saturated heterocycles. The van der Waals surface area contributed by atoms with E-state index in [-0.39, 0.29) is 30.0 Å². The molecule has 520 valence electrons. The van der Waals surface area contributed by atoms with Gasteiger partial charge >= 0.3 is 0 Å². The lowest BCUT2D eigenvalue weighted by molar-refractivity contribution is -0.380. The first-order chi connectivity index (χ1) is 42.0. The van der Waals surface area contributed by atoms with Gasteiger partial charge < -0.3 is 139 Å². The SMILES string of the molecule is C[C@@H]1[C@@H](O)[C@H](OC[C@H]2O[C@@H](O[C@H](CC[C@@H](C)C3CC[C@@]4(C)C5C(=O)C=C6C(CC[C@H](O[C@@H]7O[C@H](CO[C@@H]8O[C@H](CO)[C@@H](O)[C@H](O)[C@H]8O)[C@@H](O)[C@H](O)[C@H]7O)C6(C)C)[C@]5(C)[C@H](O)C[C@]34C)C(C)(C)O)[C@H](OC3O[C@@H](CO)[C@H](O)[C@@H](O)[C@@H]3O)[C@@H](O)[C@@H]2O)O[C@H](CO)[C@H]1O. The number of hydrogen-bond acceptors (Lipinski definition) is 29. The van der Waals surface area contributed by atoms with Crippen molar-refractivity contribution in [2.45, 2.75) is 279 Å². The van der Waals surface area contributed by atoms with Crippen LogP contribution in [0.2, 0.25) is 0 Å². The van der Waals surface area contributed by atoms with Crippen molar-refractivity contribution in [1.82, 2.24) is 0 Å². The van der Waals surface area contributed by atoms with Crippen molar-refractivity contribution in [3.63, 3.8) is 0 Å². The summed E-state index contributed by atoms with van der Waals surface area (Å²) in [7, 11) is 0. The molecular weight excluding hydrogens is 1200 g/mol. The van der Waals surface area contributed by atoms with E-state index in [1.54, 1.807) is 6.08 Å². The van der Waals surface area contributed by atoms with Gasteiger partial charge in [0.25, 0.3) is 0 Å². The Hall–Kier alpha value is -1.71. The lowest BCUT2D eigenvalue weighted by Crippen LogP contribution is -2.67. The van der Waals surface area contributed by atoms with Crippen molar-refractivity contribution < 1.29 is 144 Å². The molecule has 9 aliphatic rings. The molecule has 4 unspecified atom stereocenters. The fourth-order valence-electron chi connectivity index (χ4n) is 17.0. The number of allylic oxidation sites excluding steroid dienone is 1. The smallest absolute Gasteiger partial charge is 0.187 e. The molecule has 5 heterocycles. The van der Waals surface area contributed by atoms with E-state index in [2.05, 4.69) is 20.8 Å². The number of hydrogen-bond donors (Lipinski definition) is 18. The van der Waals surface area contributed by atoms with Gasteiger partial charge in [0.05, 0.1) is 63.1 Å². The summed E-state index contributed by atoms with van der Waals surface area (Å²) in [5.74, 6) is -2.12. The Labute approximate surface area is 522 Å². The van der Waals surface area contributed by atoms with Crippen LogP contribution in [0, 0.1) is 51.2 Å². The van der Waals surface area contributed by atoms with Crippen LogP contribution in [0.1, 0.15) is 107 Å². The minimum absolute atomic E-state index is 0.0801. The van der Waals surface area contributed by atoms with Gasteiger partial charge in [0.2, 0.25) is 0 Å². The second-order valence-electron chi connectivity index (χ2n) is 29.1. The summed E-state index contributed by atoms with van der Waals surface area (Å²) in [5.41, 5.74) is -4.04. The molecular formula is C61H102O29. The number of fused-ring (bicyclic) bond motifs is 5. The third kappa shape index (κ3) is 12.9. The molecule has 0 bridgehead atoms. The maximum absolute atomic E-state index is 15.2. The van der Waals surface area contributed by atoms with Crippen LogP contribution >= 0.6 is 0 Å². The summed E-state index contributed by atoms with van der Waals surface area (Å²) >= 11 is 0. The van der Waals surface area contributed by atoms with Crippen LogP contribution in [0.25, 0.3) is 0 Å². The maximum atomic E-state index is 15.2. The largest absolute Gasteiger partial charge is 0.394 e. The van der Waals surface area contributed by atoms with Gasteiger partial charge in [-0.05, 0) is 93.5 Å². The molecule has 90 heavy (non-hydrogen) atoms. The van der Waals surface area contributed by atoms with Gasteiger partial charge in [-0.25, -0.2) is 0 Å². The Morgan fingerprint density at radius 3 is 1.57 bits per heavy atom. The molecule has 29 heteroatoms. The van der Waals surface area contributed by atoms with Crippen molar-refractivity contribution in [2.75, 3.05) is 33.0 Å². The predicted molar refractivity (Wildman–Crippen MR) is 304 cm³/mol. The summed E-state index contributed by atoms with van der Waals surface area (Å²) in [4.78, 5) is 15.2. The quantitative estimate of drug-likeness (QED) is 0.0543. The summed E-state index contributed by atoms with van der Waals surface area (Å²) in [6, 6.07) is 0. The monoisotopic (exact) mass is 1300 g/mol. The van der Waals surface area contributed by atoms with Crippen molar-refractivity contribution in [1.29, 1.82) is 0 Å². The molecule has 5 aliphatic heterocycles. The molecule has 0 aromatic heterocycles. The summed E-state index contributed by atoms with van der Waals surface area (Å²) in [6.07, 6.45) is -37.1. The molecule has 0 radical (unpaired) electrons. The van der Waals surface area contributed by atoms with E-state index in [4.69, 9.17) is 47.4 Å². The van der Waals surface area contributed by atoms with Crippen molar-refractivity contribution >= 4 is 5.78 Å². The van der Waals surface area contributed by atoms with Crippen LogP contribution in [0.5, 0.6) is 0 Å². The van der Waals surface area contributed by atoms with E-state index in [0.29, 0.717) is 38.5 Å². The first-order valence-corrected chi connectivity index (χ1v) is 31.8. The zero-order chi connectivity index (χ0) is 66.4. The summed E-state index contributed by atoms with van der Waals surface area (Å²) in [5, 5.41) is 195. The molecule has 3 saturated carbocycles. The first-order valence-electron chi connectivity index (χ1n) is 31.8. The highest BCUT2D eigenvalue weighted by Gasteiger charge is 2.72. The first kappa shape index (κ1) is 72.6. The lowest BCUT2D eigenvalue weighted by Gasteiger charge is -2.66. The van der Waals surface area contributed by atoms with Crippen LogP contribution in [-0.4, -0.2) is 302 Å². The molecule has 0 aromatic rings. The van der Waals surface area contributed by atoms with Crippen LogP contribution in [0.3, 0.4) is 0 Å². The van der Waals surface area contributed by atoms with E-state index in [1.165, 1.54) is 20.8 Å². The van der Waals surface area contributed by atoms with Crippen LogP contribution < -0.4 is 0 Å². The standard InChI is InChI=1S/C61H102O29/c1-23(10-12-36(58(5,6)80)89-56-50(90-55-49(79)44(74)40(70)31(20-64)85-55)46(76)42(72)33(87-56)22-81-52-38(68)24(2)37(67)29(18-62)83-52)25-14-15-59(7)51-28(65)16-27-26(61(51,9)34(66)17-60(25,59)8)11-13-35(57(27,3)4)88-54-48(78)45(75)41(71)32(86-54)21-82-53-47(77)43(73)39(69)30(19-63)84-53/h16,23-26,29-56,62-64,66-80H,10-15,17-22H2,1-9H3/t23-,24+,25?,26?,29-,30-,31+,32-,33-,34-,35+,36-,37+,38-,39-,40+,41-,42-,43+,44-,45+,46+,47-,48-,49+,50-,51?,52-,53-,54+,55?,56+,59+,60-,61-/m1/s1.